The van der Waals surface area contributed by atoms with Crippen molar-refractivity contribution in [1.29, 1.82) is 0 Å². The average molecular weight is 358 g/mol. The predicted molar refractivity (Wildman–Crippen MR) is 87.3 cm³/mol. The number of thiophene rings is 1. The third kappa shape index (κ3) is 3.85. The molecule has 2 rings (SSSR count). The first-order chi connectivity index (χ1) is 10.6. The van der Waals surface area contributed by atoms with Crippen molar-refractivity contribution >= 4 is 31.9 Å². The van der Waals surface area contributed by atoms with E-state index in [2.05, 4.69) is 0 Å². The minimum Gasteiger partial charge on any atom is -0.356 e. The van der Waals surface area contributed by atoms with E-state index in [4.69, 9.17) is 0 Å². The number of hydrogen-bond acceptors (Lipinski definition) is 6. The average Bonchev–Trinajstić information content (AvgIpc) is 2.88. The van der Waals surface area contributed by atoms with Gasteiger partial charge in [-0.3, -0.25) is 10.1 Å². The van der Waals surface area contributed by atoms with Gasteiger partial charge in [0.15, 0.2) is 14.8 Å². The minimum atomic E-state index is -3.53. The van der Waals surface area contributed by atoms with E-state index in [1.54, 1.807) is 31.0 Å². The summed E-state index contributed by atoms with van der Waals surface area (Å²) in [6.07, 6.45) is 1.00. The van der Waals surface area contributed by atoms with E-state index in [0.717, 1.165) is 23.7 Å². The van der Waals surface area contributed by atoms with Crippen LogP contribution in [0.5, 0.6) is 0 Å². The molecule has 6 nitrogen and oxygen atoms in total. The lowest BCUT2D eigenvalue weighted by Gasteiger charge is -2.17. The van der Waals surface area contributed by atoms with Crippen molar-refractivity contribution in [3.8, 4) is 0 Å². The van der Waals surface area contributed by atoms with Crippen molar-refractivity contribution in [2.24, 2.45) is 0 Å². The first-order valence-corrected chi connectivity index (χ1v) is 9.25. The zero-order valence-electron chi connectivity index (χ0n) is 12.7. The Hall–Kier alpha value is -2.00. The Morgan fingerprint density at radius 1 is 1.35 bits per heavy atom. The number of halogens is 1. The predicted octanol–water partition coefficient (Wildman–Crippen LogP) is 3.14. The SMILES string of the molecule is Cc1ccc(CN(C)c2sc(S(C)(=O)=O)cc2[N+](=O)[O-])cc1F. The maximum atomic E-state index is 13.6. The van der Waals surface area contributed by atoms with Crippen LogP contribution in [0, 0.1) is 22.9 Å². The zero-order chi connectivity index (χ0) is 17.4. The molecule has 0 atom stereocenters. The van der Waals surface area contributed by atoms with Gasteiger partial charge in [0.2, 0.25) is 0 Å². The van der Waals surface area contributed by atoms with Gasteiger partial charge in [-0.05, 0) is 24.1 Å². The van der Waals surface area contributed by atoms with Crippen molar-refractivity contribution in [1.82, 2.24) is 0 Å². The van der Waals surface area contributed by atoms with Crippen LogP contribution < -0.4 is 4.90 Å². The van der Waals surface area contributed by atoms with Crippen LogP contribution in [0.1, 0.15) is 11.1 Å². The second-order valence-electron chi connectivity index (χ2n) is 5.22. The van der Waals surface area contributed by atoms with Crippen LogP contribution in [0.25, 0.3) is 0 Å². The standard InChI is InChI=1S/C14H15FN2O4S2/c1-9-4-5-10(6-11(9)15)8-16(2)14-12(17(18)19)7-13(22-14)23(3,20)21/h4-7H,8H2,1-3H3. The number of benzene rings is 1. The molecule has 0 bridgehead atoms. The van der Waals surface area contributed by atoms with Gasteiger partial charge < -0.3 is 4.90 Å². The van der Waals surface area contributed by atoms with E-state index >= 15 is 0 Å². The Morgan fingerprint density at radius 2 is 2.00 bits per heavy atom. The van der Waals surface area contributed by atoms with Crippen LogP contribution in [-0.2, 0) is 16.4 Å². The third-order valence-electron chi connectivity index (χ3n) is 3.24. The first-order valence-electron chi connectivity index (χ1n) is 6.54. The van der Waals surface area contributed by atoms with Crippen LogP contribution in [0.15, 0.2) is 28.5 Å². The quantitative estimate of drug-likeness (QED) is 0.606. The molecule has 1 aromatic heterocycles. The first kappa shape index (κ1) is 17.4. The fourth-order valence-corrected chi connectivity index (χ4v) is 4.01. The van der Waals surface area contributed by atoms with Gasteiger partial charge in [-0.1, -0.05) is 23.5 Å². The largest absolute Gasteiger partial charge is 0.356 e. The molecule has 0 fully saturated rings. The molecule has 124 valence electrons. The van der Waals surface area contributed by atoms with Crippen molar-refractivity contribution < 1.29 is 17.7 Å². The summed E-state index contributed by atoms with van der Waals surface area (Å²) in [4.78, 5) is 12.1. The lowest BCUT2D eigenvalue weighted by molar-refractivity contribution is -0.383. The fraction of sp³-hybridized carbons (Fsp3) is 0.286. The number of anilines is 1. The Morgan fingerprint density at radius 3 is 2.52 bits per heavy atom. The van der Waals surface area contributed by atoms with Gasteiger partial charge in [0.1, 0.15) is 10.0 Å². The maximum Gasteiger partial charge on any atom is 0.305 e. The van der Waals surface area contributed by atoms with E-state index in [1.165, 1.54) is 6.07 Å². The lowest BCUT2D eigenvalue weighted by atomic mass is 10.1. The highest BCUT2D eigenvalue weighted by Gasteiger charge is 2.26. The van der Waals surface area contributed by atoms with Crippen LogP contribution in [0.2, 0.25) is 0 Å². The van der Waals surface area contributed by atoms with Gasteiger partial charge in [0, 0.05) is 25.9 Å². The molecule has 23 heavy (non-hydrogen) atoms. The molecule has 0 spiro atoms. The number of nitro groups is 1. The fourth-order valence-electron chi connectivity index (χ4n) is 2.02. The number of nitrogens with zero attached hydrogens (tertiary/aromatic N) is 2. The van der Waals surface area contributed by atoms with E-state index in [9.17, 15) is 22.9 Å². The van der Waals surface area contributed by atoms with Crippen molar-refractivity contribution in [2.45, 2.75) is 17.7 Å². The van der Waals surface area contributed by atoms with Gasteiger partial charge in [0.05, 0.1) is 4.92 Å². The molecule has 2 aromatic rings. The lowest BCUT2D eigenvalue weighted by Crippen LogP contribution is -2.16. The zero-order valence-corrected chi connectivity index (χ0v) is 14.4. The highest BCUT2D eigenvalue weighted by atomic mass is 32.2. The molecule has 1 heterocycles. The molecule has 0 aliphatic heterocycles. The molecular weight excluding hydrogens is 343 g/mol. The van der Waals surface area contributed by atoms with Crippen molar-refractivity contribution in [3.63, 3.8) is 0 Å². The molecule has 0 aliphatic rings. The minimum absolute atomic E-state index is 0.0684. The van der Waals surface area contributed by atoms with Gasteiger partial charge in [-0.2, -0.15) is 0 Å². The molecule has 0 radical (unpaired) electrons. The third-order valence-corrected chi connectivity index (χ3v) is 6.28. The van der Waals surface area contributed by atoms with Crippen molar-refractivity contribution in [2.75, 3.05) is 18.2 Å². The molecule has 9 heteroatoms. The summed E-state index contributed by atoms with van der Waals surface area (Å²) in [7, 11) is -1.93. The van der Waals surface area contributed by atoms with Crippen LogP contribution in [0.4, 0.5) is 15.1 Å². The monoisotopic (exact) mass is 358 g/mol. The van der Waals surface area contributed by atoms with E-state index in [1.807, 2.05) is 0 Å². The summed E-state index contributed by atoms with van der Waals surface area (Å²) in [6.45, 7) is 1.87. The van der Waals surface area contributed by atoms with Gasteiger partial charge >= 0.3 is 5.69 Å². The van der Waals surface area contributed by atoms with E-state index < -0.39 is 14.8 Å². The Balaban J connectivity index is 2.38. The normalized spacial score (nSPS) is 11.5. The van der Waals surface area contributed by atoms with E-state index in [-0.39, 0.29) is 27.3 Å². The Kier molecular flexibility index (Phi) is 4.71. The molecule has 0 saturated heterocycles. The molecule has 1 aromatic carbocycles. The van der Waals surface area contributed by atoms with E-state index in [0.29, 0.717) is 11.1 Å². The maximum absolute atomic E-state index is 13.6. The Labute approximate surface area is 137 Å². The summed E-state index contributed by atoms with van der Waals surface area (Å²) in [5.74, 6) is -0.353. The molecule has 0 N–H and O–H groups in total. The second-order valence-corrected chi connectivity index (χ2v) is 8.50. The van der Waals surface area contributed by atoms with Gasteiger partial charge in [0.25, 0.3) is 0 Å². The number of hydrogen-bond donors (Lipinski definition) is 0. The van der Waals surface area contributed by atoms with Crippen LogP contribution in [-0.4, -0.2) is 26.6 Å². The number of sulfone groups is 1. The Bertz CT molecular complexity index is 862. The summed E-state index contributed by atoms with van der Waals surface area (Å²) >= 11 is 0.832. The molecule has 0 unspecified atom stereocenters. The van der Waals surface area contributed by atoms with Crippen LogP contribution in [0.3, 0.4) is 0 Å². The highest BCUT2D eigenvalue weighted by Crippen LogP contribution is 2.39. The van der Waals surface area contributed by atoms with Crippen LogP contribution >= 0.6 is 11.3 Å². The number of aryl methyl sites for hydroxylation is 1. The smallest absolute Gasteiger partial charge is 0.305 e. The highest BCUT2D eigenvalue weighted by molar-refractivity contribution is 7.92. The summed E-state index contributed by atoms with van der Waals surface area (Å²) in [6, 6.07) is 5.78. The molecule has 0 amide bonds. The summed E-state index contributed by atoms with van der Waals surface area (Å²) < 4.78 is 36.7. The number of rotatable bonds is 5. The molecule has 0 aliphatic carbocycles. The molecule has 0 saturated carbocycles. The van der Waals surface area contributed by atoms with Crippen molar-refractivity contribution in [3.05, 3.63) is 51.3 Å². The second kappa shape index (κ2) is 6.25. The topological polar surface area (TPSA) is 80.5 Å². The molecular formula is C14H15FN2O4S2. The summed E-state index contributed by atoms with van der Waals surface area (Å²) in [5.41, 5.74) is 0.877. The van der Waals surface area contributed by atoms with Gasteiger partial charge in [-0.15, -0.1) is 0 Å². The van der Waals surface area contributed by atoms with Gasteiger partial charge in [-0.25, -0.2) is 12.8 Å². The summed E-state index contributed by atoms with van der Waals surface area (Å²) in [5, 5.41) is 11.4.